The molecule has 128 valence electrons. The fourth-order valence-electron chi connectivity index (χ4n) is 3.99. The number of rotatable bonds is 2. The number of hydrogen-bond acceptors (Lipinski definition) is 2. The highest BCUT2D eigenvalue weighted by Crippen LogP contribution is 2.44. The third kappa shape index (κ3) is 3.17. The van der Waals surface area contributed by atoms with Gasteiger partial charge in [0, 0.05) is 18.7 Å². The predicted octanol–water partition coefficient (Wildman–Crippen LogP) is 4.58. The molecule has 1 amide bonds. The molecule has 0 unspecified atom stereocenters. The Morgan fingerprint density at radius 2 is 1.84 bits per heavy atom. The average Bonchev–Trinajstić information content (AvgIpc) is 2.60. The molecule has 2 aromatic rings. The maximum atomic E-state index is 12.2. The van der Waals surface area contributed by atoms with Gasteiger partial charge < -0.3 is 4.90 Å². The number of carbonyl (C=O) groups excluding carboxylic acids is 1. The molecule has 1 aliphatic heterocycles. The van der Waals surface area contributed by atoms with Crippen LogP contribution in [0.4, 0.5) is 5.69 Å². The van der Waals surface area contributed by atoms with E-state index in [4.69, 9.17) is 5.26 Å². The van der Waals surface area contributed by atoms with Gasteiger partial charge in [-0.15, -0.1) is 0 Å². The first kappa shape index (κ1) is 17.2. The summed E-state index contributed by atoms with van der Waals surface area (Å²) in [5.41, 5.74) is 5.43. The highest BCUT2D eigenvalue weighted by Gasteiger charge is 2.37. The van der Waals surface area contributed by atoms with Crippen molar-refractivity contribution in [3.63, 3.8) is 0 Å². The van der Waals surface area contributed by atoms with Gasteiger partial charge in [-0.1, -0.05) is 36.8 Å². The number of fused-ring (bicyclic) bond motifs is 1. The van der Waals surface area contributed by atoms with Crippen LogP contribution >= 0.6 is 0 Å². The smallest absolute Gasteiger partial charge is 0.224 e. The van der Waals surface area contributed by atoms with Gasteiger partial charge in [-0.25, -0.2) is 0 Å². The normalized spacial score (nSPS) is 22.2. The summed E-state index contributed by atoms with van der Waals surface area (Å²) in [7, 11) is 0. The zero-order valence-electron chi connectivity index (χ0n) is 15.3. The number of benzene rings is 2. The predicted molar refractivity (Wildman–Crippen MR) is 101 cm³/mol. The summed E-state index contributed by atoms with van der Waals surface area (Å²) in [5.74, 6) is 0.809. The maximum absolute atomic E-state index is 12.2. The van der Waals surface area contributed by atoms with Crippen LogP contribution in [0.5, 0.6) is 0 Å². The Bertz CT molecular complexity index is 832. The van der Waals surface area contributed by atoms with Crippen molar-refractivity contribution >= 4 is 11.6 Å². The number of aryl methyl sites for hydroxylation is 1. The van der Waals surface area contributed by atoms with Gasteiger partial charge in [-0.3, -0.25) is 4.79 Å². The van der Waals surface area contributed by atoms with E-state index in [1.54, 1.807) is 6.92 Å². The lowest BCUT2D eigenvalue weighted by molar-refractivity contribution is -0.117. The van der Waals surface area contributed by atoms with E-state index in [2.05, 4.69) is 45.0 Å². The lowest BCUT2D eigenvalue weighted by Gasteiger charge is -2.44. The minimum atomic E-state index is 0.0984. The van der Waals surface area contributed by atoms with Crippen LogP contribution in [0.1, 0.15) is 48.9 Å². The second kappa shape index (κ2) is 6.72. The van der Waals surface area contributed by atoms with Gasteiger partial charge in [-0.05, 0) is 61.4 Å². The maximum Gasteiger partial charge on any atom is 0.224 e. The SMILES string of the molecule is CC(=O)N1c2ccc(C)cc2[C@H](Cc2ccc(C#N)cc2)[C@@H](C)[C@@H]1C. The van der Waals surface area contributed by atoms with Crippen LogP contribution in [0.2, 0.25) is 0 Å². The molecule has 1 aliphatic rings. The van der Waals surface area contributed by atoms with Crippen LogP contribution in [0.25, 0.3) is 0 Å². The molecule has 25 heavy (non-hydrogen) atoms. The quantitative estimate of drug-likeness (QED) is 0.807. The van der Waals surface area contributed by atoms with Gasteiger partial charge in [0.25, 0.3) is 0 Å². The molecule has 3 nitrogen and oxygen atoms in total. The zero-order chi connectivity index (χ0) is 18.1. The monoisotopic (exact) mass is 332 g/mol. The lowest BCUT2D eigenvalue weighted by Crippen LogP contribution is -2.47. The van der Waals surface area contributed by atoms with Gasteiger partial charge in [0.15, 0.2) is 0 Å². The second-order valence-electron chi connectivity index (χ2n) is 7.17. The largest absolute Gasteiger partial charge is 0.309 e. The molecule has 2 aromatic carbocycles. The van der Waals surface area contributed by atoms with E-state index < -0.39 is 0 Å². The highest BCUT2D eigenvalue weighted by atomic mass is 16.2. The van der Waals surface area contributed by atoms with Gasteiger partial charge in [-0.2, -0.15) is 5.26 Å². The number of amides is 1. The van der Waals surface area contributed by atoms with Gasteiger partial charge in [0.2, 0.25) is 5.91 Å². The third-order valence-electron chi connectivity index (χ3n) is 5.52. The van der Waals surface area contributed by atoms with Crippen molar-refractivity contribution in [2.75, 3.05) is 4.90 Å². The fourth-order valence-corrected chi connectivity index (χ4v) is 3.99. The Kier molecular flexibility index (Phi) is 4.63. The summed E-state index contributed by atoms with van der Waals surface area (Å²) < 4.78 is 0. The van der Waals surface area contributed by atoms with Gasteiger partial charge in [0.05, 0.1) is 11.6 Å². The summed E-state index contributed by atoms with van der Waals surface area (Å²) in [4.78, 5) is 14.2. The van der Waals surface area contributed by atoms with Crippen molar-refractivity contribution in [1.82, 2.24) is 0 Å². The zero-order valence-corrected chi connectivity index (χ0v) is 15.3. The molecular weight excluding hydrogens is 308 g/mol. The van der Waals surface area contributed by atoms with Gasteiger partial charge in [0.1, 0.15) is 0 Å². The van der Waals surface area contributed by atoms with E-state index in [0.29, 0.717) is 17.4 Å². The summed E-state index contributed by atoms with van der Waals surface area (Å²) in [6.07, 6.45) is 0.916. The Labute approximate surface area is 149 Å². The molecule has 0 bridgehead atoms. The molecule has 1 heterocycles. The molecule has 0 aliphatic carbocycles. The standard InChI is InChI=1S/C22H24N2O/c1-14-5-10-22-21(11-14)20(15(2)16(3)24(22)17(4)25)12-18-6-8-19(13-23)9-7-18/h5-11,15-16,20H,12H2,1-4H3/t15-,16-,20+/m0/s1. The lowest BCUT2D eigenvalue weighted by atomic mass is 9.74. The van der Waals surface area contributed by atoms with Gasteiger partial charge >= 0.3 is 0 Å². The molecule has 0 spiro atoms. The van der Waals surface area contributed by atoms with Crippen molar-refractivity contribution in [3.05, 3.63) is 64.7 Å². The molecular formula is C22H24N2O. The minimum absolute atomic E-state index is 0.0984. The molecule has 0 saturated carbocycles. The Hall–Kier alpha value is -2.60. The fraction of sp³-hybridized carbons (Fsp3) is 0.364. The van der Waals surface area contributed by atoms with E-state index >= 15 is 0 Å². The van der Waals surface area contributed by atoms with E-state index in [1.807, 2.05) is 29.2 Å². The Morgan fingerprint density at radius 1 is 1.16 bits per heavy atom. The van der Waals surface area contributed by atoms with Crippen LogP contribution in [-0.2, 0) is 11.2 Å². The van der Waals surface area contributed by atoms with Crippen molar-refractivity contribution in [1.29, 1.82) is 5.26 Å². The number of nitrogens with zero attached hydrogens (tertiary/aromatic N) is 2. The molecule has 3 rings (SSSR count). The molecule has 0 aromatic heterocycles. The van der Waals surface area contributed by atoms with Crippen LogP contribution in [0.3, 0.4) is 0 Å². The summed E-state index contributed by atoms with van der Waals surface area (Å²) >= 11 is 0. The number of nitriles is 1. The first-order valence-corrected chi connectivity index (χ1v) is 8.81. The average molecular weight is 332 g/mol. The number of carbonyl (C=O) groups is 1. The second-order valence-corrected chi connectivity index (χ2v) is 7.17. The van der Waals surface area contributed by atoms with Crippen molar-refractivity contribution in [2.24, 2.45) is 5.92 Å². The topological polar surface area (TPSA) is 44.1 Å². The van der Waals surface area contributed by atoms with Crippen LogP contribution < -0.4 is 4.90 Å². The van der Waals surface area contributed by atoms with E-state index in [9.17, 15) is 4.79 Å². The molecule has 0 N–H and O–H groups in total. The van der Waals surface area contributed by atoms with E-state index in [1.165, 1.54) is 16.7 Å². The molecule has 3 heteroatoms. The first-order chi connectivity index (χ1) is 11.9. The molecule has 3 atom stereocenters. The summed E-state index contributed by atoms with van der Waals surface area (Å²) in [6.45, 7) is 8.12. The third-order valence-corrected chi connectivity index (χ3v) is 5.52. The Morgan fingerprint density at radius 3 is 2.44 bits per heavy atom. The number of anilines is 1. The summed E-state index contributed by atoms with van der Waals surface area (Å²) in [6, 6.07) is 16.6. The Balaban J connectivity index is 2.03. The summed E-state index contributed by atoms with van der Waals surface area (Å²) in [5, 5.41) is 8.98. The van der Waals surface area contributed by atoms with E-state index in [-0.39, 0.29) is 11.9 Å². The van der Waals surface area contributed by atoms with Crippen molar-refractivity contribution < 1.29 is 4.79 Å². The van der Waals surface area contributed by atoms with Crippen LogP contribution in [0, 0.1) is 24.2 Å². The van der Waals surface area contributed by atoms with Crippen LogP contribution in [0.15, 0.2) is 42.5 Å². The van der Waals surface area contributed by atoms with Crippen molar-refractivity contribution in [2.45, 2.75) is 46.1 Å². The van der Waals surface area contributed by atoms with E-state index in [0.717, 1.165) is 12.1 Å². The van der Waals surface area contributed by atoms with Crippen molar-refractivity contribution in [3.8, 4) is 6.07 Å². The first-order valence-electron chi connectivity index (χ1n) is 8.81. The van der Waals surface area contributed by atoms with Crippen LogP contribution in [-0.4, -0.2) is 11.9 Å². The number of hydrogen-bond donors (Lipinski definition) is 0. The molecule has 0 saturated heterocycles. The minimum Gasteiger partial charge on any atom is -0.309 e. The molecule has 0 fully saturated rings. The highest BCUT2D eigenvalue weighted by molar-refractivity contribution is 5.93. The molecule has 0 radical (unpaired) electrons.